The third-order valence-corrected chi connectivity index (χ3v) is 7.48. The van der Waals surface area contributed by atoms with Crippen LogP contribution in [0.1, 0.15) is 46.1 Å². The lowest BCUT2D eigenvalue weighted by Crippen LogP contribution is -2.42. The summed E-state index contributed by atoms with van der Waals surface area (Å²) in [6.07, 6.45) is -4.72. The summed E-state index contributed by atoms with van der Waals surface area (Å²) >= 11 is 0.811. The third kappa shape index (κ3) is 5.89. The number of carbonyl (C=O) groups excluding carboxylic acids is 2. The molecule has 0 radical (unpaired) electrons. The minimum Gasteiger partial charge on any atom is -0.388 e. The second-order valence-electron chi connectivity index (χ2n) is 9.52. The first-order valence-corrected chi connectivity index (χ1v) is 12.5. The van der Waals surface area contributed by atoms with Crippen molar-refractivity contribution in [3.8, 4) is 10.4 Å². The molecule has 2 aliphatic heterocycles. The highest BCUT2D eigenvalue weighted by Crippen LogP contribution is 2.38. The highest BCUT2D eigenvalue weighted by molar-refractivity contribution is 7.17. The van der Waals surface area contributed by atoms with Crippen LogP contribution in [0.25, 0.3) is 10.4 Å². The maximum absolute atomic E-state index is 14.0. The fourth-order valence-corrected chi connectivity index (χ4v) is 5.29. The van der Waals surface area contributed by atoms with E-state index < -0.39 is 61.1 Å². The average Bonchev–Trinajstić information content (AvgIpc) is 3.49. The Bertz CT molecular complexity index is 1220. The number of aryl methyl sites for hydroxylation is 1. The molecule has 0 aliphatic carbocycles. The molecule has 15 heteroatoms. The largest absolute Gasteiger partial charge is 0.408 e. The van der Waals surface area contributed by atoms with Crippen molar-refractivity contribution in [1.29, 1.82) is 0 Å². The van der Waals surface area contributed by atoms with Gasteiger partial charge in [-0.3, -0.25) is 9.59 Å². The van der Waals surface area contributed by atoms with Crippen molar-refractivity contribution >= 4 is 29.0 Å². The second kappa shape index (κ2) is 10.3. The molecule has 2 aliphatic rings. The molecule has 4 rings (SSSR count). The van der Waals surface area contributed by atoms with Crippen LogP contribution >= 0.6 is 11.3 Å². The normalized spacial score (nSPS) is 23.9. The fraction of sp³-hybridized carbons (Fsp3) is 0.565. The summed E-state index contributed by atoms with van der Waals surface area (Å²) in [6, 6.07) is -2.01. The first-order valence-electron chi connectivity index (χ1n) is 11.7. The maximum atomic E-state index is 14.0. The predicted octanol–water partition coefficient (Wildman–Crippen LogP) is 3.24. The quantitative estimate of drug-likeness (QED) is 0.462. The number of likely N-dealkylation sites (tertiary alicyclic amines) is 1. The van der Waals surface area contributed by atoms with E-state index in [4.69, 9.17) is 4.74 Å². The molecule has 2 amide bonds. The lowest BCUT2D eigenvalue weighted by Gasteiger charge is -2.21. The summed E-state index contributed by atoms with van der Waals surface area (Å²) in [5.41, 5.74) is 0.473. The summed E-state index contributed by atoms with van der Waals surface area (Å²) in [6.45, 7) is 3.30. The Labute approximate surface area is 218 Å². The SMILES string of the molecule is Cc1cc(N[C@@H](C)C(F)(F)F)ncc1-c1sc(C(=O)N[C@H]2COC[C@@H]2O)nc1C(=O)N1CC(F)(F)C[C@@H]1C. The summed E-state index contributed by atoms with van der Waals surface area (Å²) in [5, 5.41) is 14.6. The van der Waals surface area contributed by atoms with Gasteiger partial charge in [0.25, 0.3) is 17.7 Å². The van der Waals surface area contributed by atoms with Crippen LogP contribution in [-0.4, -0.2) is 87.9 Å². The van der Waals surface area contributed by atoms with Crippen molar-refractivity contribution in [2.24, 2.45) is 0 Å². The topological polar surface area (TPSA) is 117 Å². The van der Waals surface area contributed by atoms with Gasteiger partial charge in [-0.1, -0.05) is 0 Å². The van der Waals surface area contributed by atoms with E-state index in [-0.39, 0.29) is 34.6 Å². The van der Waals surface area contributed by atoms with E-state index in [1.54, 1.807) is 6.92 Å². The fourth-order valence-electron chi connectivity index (χ4n) is 4.25. The first-order chi connectivity index (χ1) is 17.7. The number of ether oxygens (including phenoxy) is 1. The molecule has 2 aromatic rings. The zero-order chi connectivity index (χ0) is 28.0. The molecule has 0 spiro atoms. The zero-order valence-corrected chi connectivity index (χ0v) is 21.4. The van der Waals surface area contributed by atoms with Gasteiger partial charge in [0.2, 0.25) is 0 Å². The molecule has 0 bridgehead atoms. The summed E-state index contributed by atoms with van der Waals surface area (Å²) in [4.78, 5) is 35.6. The number of rotatable bonds is 6. The number of aliphatic hydroxyl groups is 1. The van der Waals surface area contributed by atoms with Gasteiger partial charge in [0.05, 0.1) is 36.8 Å². The highest BCUT2D eigenvalue weighted by atomic mass is 32.1. The van der Waals surface area contributed by atoms with Crippen molar-refractivity contribution in [2.45, 2.75) is 63.5 Å². The zero-order valence-electron chi connectivity index (χ0n) is 20.6. The van der Waals surface area contributed by atoms with Gasteiger partial charge in [0, 0.05) is 24.2 Å². The van der Waals surface area contributed by atoms with Crippen LogP contribution in [0.4, 0.5) is 27.8 Å². The molecule has 4 atom stereocenters. The van der Waals surface area contributed by atoms with Gasteiger partial charge < -0.3 is 25.4 Å². The number of pyridine rings is 1. The van der Waals surface area contributed by atoms with E-state index in [2.05, 4.69) is 20.6 Å². The molecular formula is C23H26F5N5O4S. The minimum absolute atomic E-state index is 0.0388. The number of hydrogen-bond acceptors (Lipinski definition) is 8. The number of thiazole rings is 1. The Balaban J connectivity index is 1.69. The number of nitrogens with zero attached hydrogens (tertiary/aromatic N) is 3. The van der Waals surface area contributed by atoms with Gasteiger partial charge in [0.15, 0.2) is 5.01 Å². The molecule has 3 N–H and O–H groups in total. The number of hydrogen-bond donors (Lipinski definition) is 3. The molecule has 38 heavy (non-hydrogen) atoms. The van der Waals surface area contributed by atoms with Gasteiger partial charge in [-0.05, 0) is 32.4 Å². The van der Waals surface area contributed by atoms with E-state index in [0.29, 0.717) is 11.1 Å². The second-order valence-corrected chi connectivity index (χ2v) is 10.5. The number of nitrogens with one attached hydrogen (secondary N) is 2. The van der Waals surface area contributed by atoms with Crippen molar-refractivity contribution < 1.29 is 41.4 Å². The highest BCUT2D eigenvalue weighted by Gasteiger charge is 2.46. The number of halogens is 5. The van der Waals surface area contributed by atoms with Crippen LogP contribution in [0.3, 0.4) is 0 Å². The summed E-state index contributed by atoms with van der Waals surface area (Å²) in [5.74, 6) is -4.65. The molecule has 4 heterocycles. The van der Waals surface area contributed by atoms with Gasteiger partial charge in [-0.15, -0.1) is 11.3 Å². The maximum Gasteiger partial charge on any atom is 0.408 e. The minimum atomic E-state index is -4.50. The van der Waals surface area contributed by atoms with Crippen molar-refractivity contribution in [3.05, 3.63) is 28.5 Å². The number of amides is 2. The average molecular weight is 564 g/mol. The molecule has 0 saturated carbocycles. The first kappa shape index (κ1) is 28.1. The molecular weight excluding hydrogens is 537 g/mol. The molecule has 2 fully saturated rings. The van der Waals surface area contributed by atoms with Gasteiger partial charge in [-0.2, -0.15) is 13.2 Å². The Morgan fingerprint density at radius 1 is 1.32 bits per heavy atom. The number of aliphatic hydroxyl groups excluding tert-OH is 1. The van der Waals surface area contributed by atoms with Crippen LogP contribution in [0.2, 0.25) is 0 Å². The van der Waals surface area contributed by atoms with E-state index in [1.807, 2.05) is 0 Å². The standard InChI is InChI=1S/C23H26F5N5O4S/c1-10-4-16(30-12(3)23(26,27)28)29-6-13(10)18-17(21(36)33-9-22(24,25)5-11(33)2)32-20(38-18)19(35)31-14-7-37-8-15(14)34/h4,6,11-12,14-15,34H,5,7-9H2,1-3H3,(H,29,30)(H,31,35)/t11-,12-,14-,15-/m0/s1. The molecule has 9 nitrogen and oxygen atoms in total. The Morgan fingerprint density at radius 2 is 2.03 bits per heavy atom. The van der Waals surface area contributed by atoms with Crippen molar-refractivity contribution in [3.63, 3.8) is 0 Å². The Kier molecular flexibility index (Phi) is 7.65. The van der Waals surface area contributed by atoms with Crippen molar-refractivity contribution in [2.75, 3.05) is 25.1 Å². The number of alkyl halides is 5. The van der Waals surface area contributed by atoms with Gasteiger partial charge in [0.1, 0.15) is 17.6 Å². The Morgan fingerprint density at radius 3 is 2.58 bits per heavy atom. The Hall–Kier alpha value is -2.91. The smallest absolute Gasteiger partial charge is 0.388 e. The number of aromatic nitrogens is 2. The summed E-state index contributed by atoms with van der Waals surface area (Å²) < 4.78 is 72.0. The van der Waals surface area contributed by atoms with Crippen LogP contribution < -0.4 is 10.6 Å². The molecule has 208 valence electrons. The van der Waals surface area contributed by atoms with Crippen LogP contribution in [-0.2, 0) is 4.74 Å². The van der Waals surface area contributed by atoms with Gasteiger partial charge in [-0.25, -0.2) is 18.7 Å². The summed E-state index contributed by atoms with van der Waals surface area (Å²) in [7, 11) is 0. The molecule has 2 aromatic heterocycles. The van der Waals surface area contributed by atoms with E-state index in [1.165, 1.54) is 19.2 Å². The van der Waals surface area contributed by atoms with E-state index in [9.17, 15) is 36.6 Å². The lowest BCUT2D eigenvalue weighted by atomic mass is 10.1. The number of anilines is 1. The van der Waals surface area contributed by atoms with Gasteiger partial charge >= 0.3 is 6.18 Å². The monoisotopic (exact) mass is 563 g/mol. The molecule has 0 aromatic carbocycles. The molecule has 2 saturated heterocycles. The van der Waals surface area contributed by atoms with Crippen molar-refractivity contribution in [1.82, 2.24) is 20.2 Å². The van der Waals surface area contributed by atoms with E-state index >= 15 is 0 Å². The van der Waals surface area contributed by atoms with Crippen LogP contribution in [0, 0.1) is 6.92 Å². The molecule has 0 unspecified atom stereocenters. The van der Waals surface area contributed by atoms with E-state index in [0.717, 1.165) is 23.2 Å². The van der Waals surface area contributed by atoms with Crippen LogP contribution in [0.5, 0.6) is 0 Å². The lowest BCUT2D eigenvalue weighted by molar-refractivity contribution is -0.138. The predicted molar refractivity (Wildman–Crippen MR) is 127 cm³/mol. The third-order valence-electron chi connectivity index (χ3n) is 6.39. The van der Waals surface area contributed by atoms with Crippen LogP contribution in [0.15, 0.2) is 12.3 Å². The number of carbonyl (C=O) groups is 2.